The van der Waals surface area contributed by atoms with E-state index in [4.69, 9.17) is 11.6 Å². The van der Waals surface area contributed by atoms with Gasteiger partial charge in [0.2, 0.25) is 5.91 Å². The summed E-state index contributed by atoms with van der Waals surface area (Å²) in [6.07, 6.45) is 0.865. The Balaban J connectivity index is 1.70. The van der Waals surface area contributed by atoms with E-state index in [0.717, 1.165) is 11.3 Å². The zero-order valence-electron chi connectivity index (χ0n) is 11.9. The van der Waals surface area contributed by atoms with Gasteiger partial charge in [0.25, 0.3) is 0 Å². The zero-order valence-corrected chi connectivity index (χ0v) is 13.5. The lowest BCUT2D eigenvalue weighted by molar-refractivity contribution is -0.118. The summed E-state index contributed by atoms with van der Waals surface area (Å²) >= 11 is 7.34. The molecule has 0 atom stereocenters. The highest BCUT2D eigenvalue weighted by Gasteiger charge is 2.03. The number of hydrogen-bond donors (Lipinski definition) is 1. The second-order valence-electron chi connectivity index (χ2n) is 4.77. The first kappa shape index (κ1) is 15.9. The minimum atomic E-state index is 0.0588. The number of benzene rings is 2. The summed E-state index contributed by atoms with van der Waals surface area (Å²) in [6, 6.07) is 15.8. The van der Waals surface area contributed by atoms with Gasteiger partial charge in [0.1, 0.15) is 0 Å². The molecule has 0 spiro atoms. The van der Waals surface area contributed by atoms with Crippen LogP contribution in [0.1, 0.15) is 11.1 Å². The zero-order chi connectivity index (χ0) is 15.1. The summed E-state index contributed by atoms with van der Waals surface area (Å²) in [7, 11) is 0. The van der Waals surface area contributed by atoms with Crippen LogP contribution in [0.4, 0.5) is 0 Å². The summed E-state index contributed by atoms with van der Waals surface area (Å²) in [5.41, 5.74) is 2.55. The van der Waals surface area contributed by atoms with Crippen molar-refractivity contribution in [1.82, 2.24) is 5.32 Å². The highest BCUT2D eigenvalue weighted by Crippen LogP contribution is 2.19. The molecule has 110 valence electrons. The normalized spacial score (nSPS) is 10.4. The fraction of sp³-hybridized carbons (Fsp3) is 0.235. The van der Waals surface area contributed by atoms with E-state index in [0.29, 0.717) is 17.3 Å². The predicted molar refractivity (Wildman–Crippen MR) is 90.1 cm³/mol. The molecule has 0 saturated heterocycles. The molecule has 0 radical (unpaired) electrons. The molecule has 2 nitrogen and oxygen atoms in total. The first-order valence-electron chi connectivity index (χ1n) is 6.85. The first-order valence-corrected chi connectivity index (χ1v) is 8.21. The smallest absolute Gasteiger partial charge is 0.230 e. The summed E-state index contributed by atoms with van der Waals surface area (Å²) in [5.74, 6) is 0.485. The van der Waals surface area contributed by atoms with Crippen molar-refractivity contribution in [3.05, 3.63) is 64.7 Å². The second-order valence-corrected chi connectivity index (χ2v) is 6.25. The summed E-state index contributed by atoms with van der Waals surface area (Å²) < 4.78 is 0. The molecular formula is C17H18ClNOS. The van der Waals surface area contributed by atoms with Crippen LogP contribution in [-0.4, -0.2) is 18.2 Å². The number of rotatable bonds is 6. The monoisotopic (exact) mass is 319 g/mol. The van der Waals surface area contributed by atoms with Gasteiger partial charge in [-0.25, -0.2) is 0 Å². The summed E-state index contributed by atoms with van der Waals surface area (Å²) in [4.78, 5) is 12.8. The van der Waals surface area contributed by atoms with Crippen molar-refractivity contribution in [2.45, 2.75) is 18.2 Å². The quantitative estimate of drug-likeness (QED) is 0.812. The van der Waals surface area contributed by atoms with Crippen molar-refractivity contribution < 1.29 is 4.79 Å². The maximum atomic E-state index is 11.8. The third-order valence-electron chi connectivity index (χ3n) is 3.16. The second kappa shape index (κ2) is 8.11. The van der Waals surface area contributed by atoms with Crippen molar-refractivity contribution in [2.75, 3.05) is 12.3 Å². The van der Waals surface area contributed by atoms with E-state index < -0.39 is 0 Å². The van der Waals surface area contributed by atoms with Crippen molar-refractivity contribution >= 4 is 29.3 Å². The Hall–Kier alpha value is -1.45. The van der Waals surface area contributed by atoms with Crippen molar-refractivity contribution in [3.8, 4) is 0 Å². The lowest BCUT2D eigenvalue weighted by atomic mass is 10.1. The van der Waals surface area contributed by atoms with Gasteiger partial charge >= 0.3 is 0 Å². The number of carbonyl (C=O) groups is 1. The Bertz CT molecular complexity index is 598. The number of nitrogens with one attached hydrogen (secondary N) is 1. The van der Waals surface area contributed by atoms with Crippen LogP contribution in [0.3, 0.4) is 0 Å². The molecule has 0 aliphatic carbocycles. The summed E-state index contributed by atoms with van der Waals surface area (Å²) in [5, 5.41) is 3.66. The maximum absolute atomic E-state index is 11.8. The molecule has 0 saturated carbocycles. The molecule has 0 unspecified atom stereocenters. The van der Waals surface area contributed by atoms with Crippen molar-refractivity contribution in [2.24, 2.45) is 0 Å². The van der Waals surface area contributed by atoms with E-state index in [9.17, 15) is 4.79 Å². The van der Waals surface area contributed by atoms with Crippen molar-refractivity contribution in [1.29, 1.82) is 0 Å². The van der Waals surface area contributed by atoms with Crippen LogP contribution >= 0.6 is 23.4 Å². The molecule has 0 bridgehead atoms. The van der Waals surface area contributed by atoms with Gasteiger partial charge in [0.15, 0.2) is 0 Å². The van der Waals surface area contributed by atoms with E-state index in [1.807, 2.05) is 36.4 Å². The minimum Gasteiger partial charge on any atom is -0.355 e. The van der Waals surface area contributed by atoms with Crippen molar-refractivity contribution in [3.63, 3.8) is 0 Å². The van der Waals surface area contributed by atoms with E-state index in [2.05, 4.69) is 24.4 Å². The first-order chi connectivity index (χ1) is 10.1. The molecule has 21 heavy (non-hydrogen) atoms. The lowest BCUT2D eigenvalue weighted by Crippen LogP contribution is -2.27. The molecule has 0 heterocycles. The highest BCUT2D eigenvalue weighted by atomic mass is 35.5. The number of amides is 1. The Morgan fingerprint density at radius 3 is 2.57 bits per heavy atom. The maximum Gasteiger partial charge on any atom is 0.230 e. The summed E-state index contributed by atoms with van der Waals surface area (Å²) in [6.45, 7) is 2.76. The van der Waals surface area contributed by atoms with E-state index in [1.165, 1.54) is 22.9 Å². The lowest BCUT2D eigenvalue weighted by Gasteiger charge is -2.07. The van der Waals surface area contributed by atoms with Crippen LogP contribution in [0, 0.1) is 6.92 Å². The topological polar surface area (TPSA) is 29.1 Å². The molecule has 0 aliphatic heterocycles. The van der Waals surface area contributed by atoms with E-state index in [1.54, 1.807) is 0 Å². The third-order valence-corrected chi connectivity index (χ3v) is 4.43. The predicted octanol–water partition coefficient (Wildman–Crippen LogP) is 4.10. The Morgan fingerprint density at radius 1 is 1.14 bits per heavy atom. The molecular weight excluding hydrogens is 302 g/mol. The van der Waals surface area contributed by atoms with Gasteiger partial charge in [-0.2, -0.15) is 0 Å². The van der Waals surface area contributed by atoms with Crippen LogP contribution < -0.4 is 5.32 Å². The Labute approximate surface area is 134 Å². The van der Waals surface area contributed by atoms with Crippen LogP contribution in [0.5, 0.6) is 0 Å². The fourth-order valence-corrected chi connectivity index (χ4v) is 2.81. The molecule has 2 aromatic rings. The Kier molecular flexibility index (Phi) is 6.15. The van der Waals surface area contributed by atoms with Gasteiger partial charge in [-0.3, -0.25) is 4.79 Å². The van der Waals surface area contributed by atoms with Gasteiger partial charge in [0.05, 0.1) is 5.75 Å². The van der Waals surface area contributed by atoms with Gasteiger partial charge in [-0.15, -0.1) is 11.8 Å². The van der Waals surface area contributed by atoms with Gasteiger partial charge < -0.3 is 5.32 Å². The van der Waals surface area contributed by atoms with Gasteiger partial charge in [-0.05, 0) is 48.7 Å². The Morgan fingerprint density at radius 2 is 1.86 bits per heavy atom. The van der Waals surface area contributed by atoms with Crippen LogP contribution in [0.15, 0.2) is 53.4 Å². The molecule has 0 aliphatic rings. The van der Waals surface area contributed by atoms with Gasteiger partial charge in [0, 0.05) is 16.5 Å². The third kappa shape index (κ3) is 5.44. The largest absolute Gasteiger partial charge is 0.355 e. The SMILES string of the molecule is Cc1ccccc1CCNC(=O)CSc1ccc(Cl)cc1. The van der Waals surface area contributed by atoms with E-state index >= 15 is 0 Å². The number of thioether (sulfide) groups is 1. The van der Waals surface area contributed by atoms with Crippen LogP contribution in [0.2, 0.25) is 5.02 Å². The molecule has 2 aromatic carbocycles. The molecule has 0 aromatic heterocycles. The number of carbonyl (C=O) groups excluding carboxylic acids is 1. The molecule has 0 fully saturated rings. The molecule has 1 N–H and O–H groups in total. The van der Waals surface area contributed by atoms with Crippen LogP contribution in [-0.2, 0) is 11.2 Å². The average Bonchev–Trinajstić information content (AvgIpc) is 2.49. The number of aryl methyl sites for hydroxylation is 1. The minimum absolute atomic E-state index is 0.0588. The van der Waals surface area contributed by atoms with E-state index in [-0.39, 0.29) is 5.91 Å². The molecule has 4 heteroatoms. The fourth-order valence-electron chi connectivity index (χ4n) is 1.96. The van der Waals surface area contributed by atoms with Gasteiger partial charge in [-0.1, -0.05) is 35.9 Å². The molecule has 2 rings (SSSR count). The number of halogens is 1. The number of hydrogen-bond acceptors (Lipinski definition) is 2. The highest BCUT2D eigenvalue weighted by molar-refractivity contribution is 8.00. The molecule has 1 amide bonds. The average molecular weight is 320 g/mol. The van der Waals surface area contributed by atoms with Crippen LogP contribution in [0.25, 0.3) is 0 Å². The standard InChI is InChI=1S/C17H18ClNOS/c1-13-4-2-3-5-14(13)10-11-19-17(20)12-21-16-8-6-15(18)7-9-16/h2-9H,10-12H2,1H3,(H,19,20).